The number of carboxylic acid groups (broad SMARTS) is 1. The molecular weight excluding hydrogens is 384 g/mol. The zero-order chi connectivity index (χ0) is 20.4. The number of hydrogen-bond acceptors (Lipinski definition) is 5. The number of nitrogens with one attached hydrogen (secondary N) is 1. The van der Waals surface area contributed by atoms with Crippen LogP contribution in [0.5, 0.6) is 0 Å². The second-order valence-electron chi connectivity index (χ2n) is 6.84. The molecule has 0 aliphatic carbocycles. The number of anilines is 1. The number of aromatic nitrogens is 3. The van der Waals surface area contributed by atoms with E-state index in [4.69, 9.17) is 0 Å². The molecule has 3 heterocycles. The first-order valence-corrected chi connectivity index (χ1v) is 10.4. The van der Waals surface area contributed by atoms with Crippen molar-refractivity contribution in [3.05, 3.63) is 64.9 Å². The Labute approximate surface area is 172 Å². The Morgan fingerprint density at radius 1 is 1.21 bits per heavy atom. The van der Waals surface area contributed by atoms with Crippen LogP contribution in [0.2, 0.25) is 0 Å². The molecule has 0 aliphatic heterocycles. The van der Waals surface area contributed by atoms with Crippen LogP contribution in [-0.4, -0.2) is 32.2 Å². The van der Waals surface area contributed by atoms with Crippen LogP contribution in [0.15, 0.2) is 48.8 Å². The van der Waals surface area contributed by atoms with Gasteiger partial charge in [-0.25, -0.2) is 14.8 Å². The summed E-state index contributed by atoms with van der Waals surface area (Å²) in [4.78, 5) is 21.3. The average molecular weight is 407 g/mol. The molecule has 0 bridgehead atoms. The number of fused-ring (bicyclic) bond motifs is 1. The van der Waals surface area contributed by atoms with Crippen molar-refractivity contribution in [2.24, 2.45) is 0 Å². The van der Waals surface area contributed by atoms with Crippen LogP contribution in [0.25, 0.3) is 21.5 Å². The second kappa shape index (κ2) is 8.05. The van der Waals surface area contributed by atoms with E-state index in [0.29, 0.717) is 11.3 Å². The number of carboxylic acids is 1. The molecule has 0 radical (unpaired) electrons. The zero-order valence-electron chi connectivity index (χ0n) is 16.3. The van der Waals surface area contributed by atoms with Gasteiger partial charge in [0.1, 0.15) is 17.0 Å². The predicted molar refractivity (Wildman–Crippen MR) is 117 cm³/mol. The summed E-state index contributed by atoms with van der Waals surface area (Å²) in [6.45, 7) is 5.62. The number of carbonyl (C=O) groups is 1. The maximum atomic E-state index is 11.4. The standard InChI is InChI=1S/C22H22N4O2S/c1-3-15-11-19(29-21(15)22(27)28)17-12-20(25-13-24-17)23-8-9-26-14(2)10-16-6-4-5-7-18(16)26/h4-7,10-13H,3,8-9H2,1-2H3,(H,27,28)(H,23,24,25). The SMILES string of the molecule is CCc1cc(-c2cc(NCCn3c(C)cc4ccccc43)ncn2)sc1C(=O)O. The van der Waals surface area contributed by atoms with Crippen molar-refractivity contribution in [3.63, 3.8) is 0 Å². The highest BCUT2D eigenvalue weighted by Gasteiger charge is 2.16. The molecule has 0 unspecified atom stereocenters. The van der Waals surface area contributed by atoms with Crippen LogP contribution in [-0.2, 0) is 13.0 Å². The van der Waals surface area contributed by atoms with Crippen LogP contribution in [0.4, 0.5) is 5.82 Å². The van der Waals surface area contributed by atoms with E-state index in [-0.39, 0.29) is 0 Å². The molecule has 0 atom stereocenters. The predicted octanol–water partition coefficient (Wildman–Crippen LogP) is 4.84. The largest absolute Gasteiger partial charge is 0.477 e. The lowest BCUT2D eigenvalue weighted by atomic mass is 10.2. The summed E-state index contributed by atoms with van der Waals surface area (Å²) in [6, 6.07) is 14.3. The number of thiophene rings is 1. The Hall–Kier alpha value is -3.19. The summed E-state index contributed by atoms with van der Waals surface area (Å²) < 4.78 is 2.29. The average Bonchev–Trinajstić information content (AvgIpc) is 3.30. The highest BCUT2D eigenvalue weighted by atomic mass is 32.1. The number of aryl methyl sites for hydroxylation is 2. The van der Waals surface area contributed by atoms with Crippen molar-refractivity contribution in [3.8, 4) is 10.6 Å². The highest BCUT2D eigenvalue weighted by molar-refractivity contribution is 7.17. The van der Waals surface area contributed by atoms with E-state index >= 15 is 0 Å². The van der Waals surface area contributed by atoms with Gasteiger partial charge in [-0.15, -0.1) is 11.3 Å². The van der Waals surface area contributed by atoms with E-state index in [1.165, 1.54) is 34.3 Å². The van der Waals surface area contributed by atoms with E-state index in [0.717, 1.165) is 35.0 Å². The smallest absolute Gasteiger partial charge is 0.346 e. The molecule has 3 aromatic heterocycles. The van der Waals surface area contributed by atoms with Gasteiger partial charge in [0.05, 0.1) is 10.6 Å². The number of aromatic carboxylic acids is 1. The van der Waals surface area contributed by atoms with E-state index < -0.39 is 5.97 Å². The molecule has 1 aromatic carbocycles. The van der Waals surface area contributed by atoms with Crippen LogP contribution in [0.1, 0.15) is 27.9 Å². The van der Waals surface area contributed by atoms with Gasteiger partial charge in [0.2, 0.25) is 0 Å². The zero-order valence-corrected chi connectivity index (χ0v) is 17.2. The molecule has 6 nitrogen and oxygen atoms in total. The van der Waals surface area contributed by atoms with Crippen LogP contribution in [0.3, 0.4) is 0 Å². The van der Waals surface area contributed by atoms with Gasteiger partial charge in [-0.1, -0.05) is 25.1 Å². The van der Waals surface area contributed by atoms with Gasteiger partial charge in [0.15, 0.2) is 0 Å². The fourth-order valence-electron chi connectivity index (χ4n) is 3.53. The quantitative estimate of drug-likeness (QED) is 0.459. The molecule has 7 heteroatoms. The Balaban J connectivity index is 1.50. The monoisotopic (exact) mass is 406 g/mol. The lowest BCUT2D eigenvalue weighted by Gasteiger charge is -2.10. The molecule has 0 spiro atoms. The molecule has 0 fully saturated rings. The highest BCUT2D eigenvalue weighted by Crippen LogP contribution is 2.31. The van der Waals surface area contributed by atoms with Crippen LogP contribution < -0.4 is 5.32 Å². The fourth-order valence-corrected chi connectivity index (χ4v) is 4.59. The van der Waals surface area contributed by atoms with Crippen molar-refractivity contribution in [2.45, 2.75) is 26.8 Å². The summed E-state index contributed by atoms with van der Waals surface area (Å²) in [5, 5.41) is 14.0. The molecular formula is C22H22N4O2S. The topological polar surface area (TPSA) is 80.0 Å². The summed E-state index contributed by atoms with van der Waals surface area (Å²) in [5.74, 6) is -0.160. The Morgan fingerprint density at radius 3 is 2.79 bits per heavy atom. The molecule has 29 heavy (non-hydrogen) atoms. The molecule has 148 valence electrons. The molecule has 0 saturated heterocycles. The van der Waals surface area contributed by atoms with Gasteiger partial charge < -0.3 is 15.0 Å². The molecule has 0 amide bonds. The van der Waals surface area contributed by atoms with Gasteiger partial charge in [0, 0.05) is 30.4 Å². The number of nitrogens with zero attached hydrogens (tertiary/aromatic N) is 3. The summed E-state index contributed by atoms with van der Waals surface area (Å²) in [7, 11) is 0. The van der Waals surface area contributed by atoms with Crippen LogP contribution >= 0.6 is 11.3 Å². The van der Waals surface area contributed by atoms with E-state index in [9.17, 15) is 9.90 Å². The second-order valence-corrected chi connectivity index (χ2v) is 7.89. The van der Waals surface area contributed by atoms with Gasteiger partial charge in [-0.2, -0.15) is 0 Å². The lowest BCUT2D eigenvalue weighted by Crippen LogP contribution is -2.12. The maximum Gasteiger partial charge on any atom is 0.346 e. The summed E-state index contributed by atoms with van der Waals surface area (Å²) >= 11 is 1.26. The third-order valence-corrected chi connectivity index (χ3v) is 6.15. The van der Waals surface area contributed by atoms with E-state index in [1.54, 1.807) is 0 Å². The van der Waals surface area contributed by atoms with Crippen molar-refractivity contribution in [1.29, 1.82) is 0 Å². The molecule has 0 aliphatic rings. The number of benzene rings is 1. The van der Waals surface area contributed by atoms with Gasteiger partial charge in [-0.3, -0.25) is 0 Å². The van der Waals surface area contributed by atoms with Crippen molar-refractivity contribution in [2.75, 3.05) is 11.9 Å². The lowest BCUT2D eigenvalue weighted by molar-refractivity contribution is 0.0701. The molecule has 0 saturated carbocycles. The van der Waals surface area contributed by atoms with Crippen molar-refractivity contribution in [1.82, 2.24) is 14.5 Å². The minimum Gasteiger partial charge on any atom is -0.477 e. The fraction of sp³-hybridized carbons (Fsp3) is 0.227. The maximum absolute atomic E-state index is 11.4. The van der Waals surface area contributed by atoms with Gasteiger partial charge >= 0.3 is 5.97 Å². The Kier molecular flexibility index (Phi) is 5.31. The third-order valence-electron chi connectivity index (χ3n) is 4.96. The van der Waals surface area contributed by atoms with E-state index in [1.807, 2.05) is 19.1 Å². The summed E-state index contributed by atoms with van der Waals surface area (Å²) in [5.41, 5.74) is 4.02. The first-order chi connectivity index (χ1) is 14.1. The minimum absolute atomic E-state index is 0.380. The van der Waals surface area contributed by atoms with Crippen molar-refractivity contribution >= 4 is 34.0 Å². The van der Waals surface area contributed by atoms with Crippen LogP contribution in [0, 0.1) is 6.92 Å². The third kappa shape index (κ3) is 3.86. The number of rotatable bonds is 7. The summed E-state index contributed by atoms with van der Waals surface area (Å²) in [6.07, 6.45) is 2.19. The van der Waals surface area contributed by atoms with Gasteiger partial charge in [-0.05, 0) is 42.5 Å². The normalized spacial score (nSPS) is 11.1. The van der Waals surface area contributed by atoms with Gasteiger partial charge in [0.25, 0.3) is 0 Å². The Morgan fingerprint density at radius 2 is 2.03 bits per heavy atom. The minimum atomic E-state index is -0.889. The first-order valence-electron chi connectivity index (χ1n) is 9.54. The molecule has 4 rings (SSSR count). The molecule has 4 aromatic rings. The van der Waals surface area contributed by atoms with Crippen molar-refractivity contribution < 1.29 is 9.90 Å². The molecule has 2 N–H and O–H groups in total. The van der Waals surface area contributed by atoms with E-state index in [2.05, 4.69) is 57.1 Å². The first kappa shape index (κ1) is 19.1. The Bertz CT molecular complexity index is 1180. The number of para-hydroxylation sites is 1. The number of hydrogen-bond donors (Lipinski definition) is 2.